The quantitative estimate of drug-likeness (QED) is 0.710. The first kappa shape index (κ1) is 14.2. The molecule has 0 aliphatic rings. The molecule has 1 amide bonds. The molecule has 5 nitrogen and oxygen atoms in total. The number of aliphatic carboxylic acids is 1. The first-order valence-corrected chi connectivity index (χ1v) is 5.88. The van der Waals surface area contributed by atoms with Crippen LogP contribution in [0.2, 0.25) is 0 Å². The Hall–Kier alpha value is -1.88. The van der Waals surface area contributed by atoms with E-state index in [1.807, 2.05) is 25.1 Å². The second kappa shape index (κ2) is 6.76. The number of aryl methyl sites for hydroxylation is 1. The molecule has 1 rings (SSSR count). The van der Waals surface area contributed by atoms with Crippen LogP contribution in [0.15, 0.2) is 24.3 Å². The van der Waals surface area contributed by atoms with Crippen molar-refractivity contribution in [2.75, 3.05) is 11.9 Å². The van der Waals surface area contributed by atoms with E-state index in [0.29, 0.717) is 0 Å². The van der Waals surface area contributed by atoms with Gasteiger partial charge in [-0.15, -0.1) is 0 Å². The van der Waals surface area contributed by atoms with Crippen molar-refractivity contribution in [3.63, 3.8) is 0 Å². The van der Waals surface area contributed by atoms with Crippen LogP contribution in [-0.2, 0) is 16.0 Å². The van der Waals surface area contributed by atoms with E-state index in [9.17, 15) is 9.59 Å². The van der Waals surface area contributed by atoms with Gasteiger partial charge in [-0.25, -0.2) is 0 Å². The van der Waals surface area contributed by atoms with Crippen LogP contribution in [0.25, 0.3) is 0 Å². The summed E-state index contributed by atoms with van der Waals surface area (Å²) in [7, 11) is 0. The summed E-state index contributed by atoms with van der Waals surface area (Å²) < 4.78 is 0. The first-order chi connectivity index (χ1) is 8.52. The molecule has 0 saturated heterocycles. The van der Waals surface area contributed by atoms with E-state index in [1.165, 1.54) is 6.92 Å². The zero-order chi connectivity index (χ0) is 13.5. The van der Waals surface area contributed by atoms with Crippen LogP contribution in [0.4, 0.5) is 5.69 Å². The molecule has 0 aliphatic heterocycles. The van der Waals surface area contributed by atoms with Gasteiger partial charge in [0.05, 0.1) is 6.54 Å². The zero-order valence-corrected chi connectivity index (χ0v) is 10.6. The molecule has 0 radical (unpaired) electrons. The summed E-state index contributed by atoms with van der Waals surface area (Å²) in [4.78, 5) is 22.1. The third-order valence-electron chi connectivity index (χ3n) is 2.56. The summed E-state index contributed by atoms with van der Waals surface area (Å²) in [6.45, 7) is 3.51. The van der Waals surface area contributed by atoms with Crippen molar-refractivity contribution in [2.24, 2.45) is 0 Å². The van der Waals surface area contributed by atoms with E-state index in [0.717, 1.165) is 17.7 Å². The van der Waals surface area contributed by atoms with Crippen LogP contribution >= 0.6 is 0 Å². The number of carbonyl (C=O) groups excluding carboxylic acids is 1. The SMILES string of the molecule is CCc1cccc(NC(=O)CNC(C)C(=O)O)c1. The maximum absolute atomic E-state index is 11.6. The van der Waals surface area contributed by atoms with Gasteiger partial charge in [0.25, 0.3) is 0 Å². The summed E-state index contributed by atoms with van der Waals surface area (Å²) in [5.41, 5.74) is 1.86. The number of rotatable bonds is 6. The number of carbonyl (C=O) groups is 2. The largest absolute Gasteiger partial charge is 0.480 e. The van der Waals surface area contributed by atoms with Crippen LogP contribution in [-0.4, -0.2) is 29.6 Å². The highest BCUT2D eigenvalue weighted by atomic mass is 16.4. The Morgan fingerprint density at radius 2 is 2.11 bits per heavy atom. The van der Waals surface area contributed by atoms with Crippen LogP contribution in [0.3, 0.4) is 0 Å². The monoisotopic (exact) mass is 250 g/mol. The van der Waals surface area contributed by atoms with E-state index in [4.69, 9.17) is 5.11 Å². The highest BCUT2D eigenvalue weighted by Crippen LogP contribution is 2.10. The third-order valence-corrected chi connectivity index (χ3v) is 2.56. The number of anilines is 1. The van der Waals surface area contributed by atoms with Crippen molar-refractivity contribution in [2.45, 2.75) is 26.3 Å². The summed E-state index contributed by atoms with van der Waals surface area (Å²) in [5, 5.41) is 14.0. The minimum atomic E-state index is -0.976. The van der Waals surface area contributed by atoms with Gasteiger partial charge in [-0.05, 0) is 31.0 Å². The van der Waals surface area contributed by atoms with Crippen molar-refractivity contribution >= 4 is 17.6 Å². The van der Waals surface area contributed by atoms with Crippen molar-refractivity contribution in [1.82, 2.24) is 5.32 Å². The van der Waals surface area contributed by atoms with Gasteiger partial charge in [0.1, 0.15) is 6.04 Å². The second-order valence-electron chi connectivity index (χ2n) is 4.04. The highest BCUT2D eigenvalue weighted by Gasteiger charge is 2.11. The van der Waals surface area contributed by atoms with Crippen molar-refractivity contribution in [3.8, 4) is 0 Å². The molecule has 0 spiro atoms. The average molecular weight is 250 g/mol. The molecule has 1 aromatic carbocycles. The molecule has 1 aromatic rings. The number of hydrogen-bond donors (Lipinski definition) is 3. The topological polar surface area (TPSA) is 78.4 Å². The van der Waals surface area contributed by atoms with E-state index in [2.05, 4.69) is 10.6 Å². The Morgan fingerprint density at radius 1 is 1.39 bits per heavy atom. The average Bonchev–Trinajstić information content (AvgIpc) is 2.36. The third kappa shape index (κ3) is 4.55. The minimum absolute atomic E-state index is 0.0240. The van der Waals surface area contributed by atoms with Crippen LogP contribution < -0.4 is 10.6 Å². The van der Waals surface area contributed by atoms with Gasteiger partial charge < -0.3 is 10.4 Å². The fourth-order valence-electron chi connectivity index (χ4n) is 1.41. The number of carboxylic acid groups (broad SMARTS) is 1. The van der Waals surface area contributed by atoms with E-state index >= 15 is 0 Å². The Labute approximate surface area is 106 Å². The van der Waals surface area contributed by atoms with Gasteiger partial charge in [-0.3, -0.25) is 14.9 Å². The Kier molecular flexibility index (Phi) is 5.32. The maximum atomic E-state index is 11.6. The predicted molar refractivity (Wildman–Crippen MR) is 69.6 cm³/mol. The highest BCUT2D eigenvalue weighted by molar-refractivity contribution is 5.92. The molecular formula is C13H18N2O3. The van der Waals surface area contributed by atoms with Gasteiger partial charge >= 0.3 is 5.97 Å². The lowest BCUT2D eigenvalue weighted by Crippen LogP contribution is -2.39. The number of hydrogen-bond acceptors (Lipinski definition) is 3. The molecular weight excluding hydrogens is 232 g/mol. The molecule has 0 fully saturated rings. The molecule has 0 heterocycles. The second-order valence-corrected chi connectivity index (χ2v) is 4.04. The van der Waals surface area contributed by atoms with Gasteiger partial charge in [0.15, 0.2) is 0 Å². The number of amides is 1. The molecule has 0 saturated carbocycles. The minimum Gasteiger partial charge on any atom is -0.480 e. The lowest BCUT2D eigenvalue weighted by atomic mass is 10.1. The number of nitrogens with one attached hydrogen (secondary N) is 2. The van der Waals surface area contributed by atoms with Gasteiger partial charge in [-0.1, -0.05) is 19.1 Å². The van der Waals surface area contributed by atoms with E-state index < -0.39 is 12.0 Å². The summed E-state index contributed by atoms with van der Waals surface area (Å²) in [5.74, 6) is -1.23. The fraction of sp³-hybridized carbons (Fsp3) is 0.385. The molecule has 0 aliphatic carbocycles. The standard InChI is InChI=1S/C13H18N2O3/c1-3-10-5-4-6-11(7-10)15-12(16)8-14-9(2)13(17)18/h4-7,9,14H,3,8H2,1-2H3,(H,15,16)(H,17,18). The smallest absolute Gasteiger partial charge is 0.320 e. The fourth-order valence-corrected chi connectivity index (χ4v) is 1.41. The van der Waals surface area contributed by atoms with Crippen molar-refractivity contribution in [3.05, 3.63) is 29.8 Å². The predicted octanol–water partition coefficient (Wildman–Crippen LogP) is 1.25. The van der Waals surface area contributed by atoms with Crippen molar-refractivity contribution in [1.29, 1.82) is 0 Å². The van der Waals surface area contributed by atoms with Crippen LogP contribution in [0, 0.1) is 0 Å². The summed E-state index contributed by atoms with van der Waals surface area (Å²) >= 11 is 0. The maximum Gasteiger partial charge on any atom is 0.320 e. The molecule has 0 bridgehead atoms. The lowest BCUT2D eigenvalue weighted by molar-refractivity contribution is -0.139. The Balaban J connectivity index is 2.46. The molecule has 18 heavy (non-hydrogen) atoms. The molecule has 3 N–H and O–H groups in total. The summed E-state index contributed by atoms with van der Waals surface area (Å²) in [6, 6.07) is 6.83. The number of benzene rings is 1. The van der Waals surface area contributed by atoms with E-state index in [-0.39, 0.29) is 12.5 Å². The van der Waals surface area contributed by atoms with Gasteiger partial charge in [0, 0.05) is 5.69 Å². The van der Waals surface area contributed by atoms with Crippen LogP contribution in [0.5, 0.6) is 0 Å². The van der Waals surface area contributed by atoms with Crippen LogP contribution in [0.1, 0.15) is 19.4 Å². The molecule has 98 valence electrons. The lowest BCUT2D eigenvalue weighted by Gasteiger charge is -2.10. The molecule has 1 unspecified atom stereocenters. The Morgan fingerprint density at radius 3 is 2.72 bits per heavy atom. The molecule has 1 atom stereocenters. The van der Waals surface area contributed by atoms with E-state index in [1.54, 1.807) is 6.07 Å². The van der Waals surface area contributed by atoms with Gasteiger partial charge in [-0.2, -0.15) is 0 Å². The van der Waals surface area contributed by atoms with Gasteiger partial charge in [0.2, 0.25) is 5.91 Å². The number of carboxylic acids is 1. The normalized spacial score (nSPS) is 11.9. The Bertz CT molecular complexity index is 432. The molecule has 5 heteroatoms. The van der Waals surface area contributed by atoms with Crippen molar-refractivity contribution < 1.29 is 14.7 Å². The molecule has 0 aromatic heterocycles. The summed E-state index contributed by atoms with van der Waals surface area (Å²) in [6.07, 6.45) is 0.901. The zero-order valence-electron chi connectivity index (χ0n) is 10.6. The first-order valence-electron chi connectivity index (χ1n) is 5.88.